The zero-order valence-electron chi connectivity index (χ0n) is 19.1. The molecule has 2 aliphatic rings. The summed E-state index contributed by atoms with van der Waals surface area (Å²) in [6.07, 6.45) is 3.67. The molecule has 174 valence electrons. The van der Waals surface area contributed by atoms with Crippen LogP contribution in [0.25, 0.3) is 0 Å². The predicted octanol–water partition coefficient (Wildman–Crippen LogP) is 2.40. The summed E-state index contributed by atoms with van der Waals surface area (Å²) in [6, 6.07) is 7.80. The molecule has 0 atom stereocenters. The van der Waals surface area contributed by atoms with Gasteiger partial charge in [0.1, 0.15) is 11.4 Å². The number of hydrogen-bond donors (Lipinski definition) is 1. The molecule has 0 aliphatic carbocycles. The van der Waals surface area contributed by atoms with Crippen LogP contribution in [0, 0.1) is 19.3 Å². The van der Waals surface area contributed by atoms with E-state index < -0.39 is 0 Å². The number of hydrogen-bond acceptors (Lipinski definition) is 6. The summed E-state index contributed by atoms with van der Waals surface area (Å²) in [7, 11) is 0. The van der Waals surface area contributed by atoms with Crippen LogP contribution in [0.3, 0.4) is 0 Å². The van der Waals surface area contributed by atoms with Crippen LogP contribution in [0.1, 0.15) is 34.5 Å². The van der Waals surface area contributed by atoms with E-state index in [-0.39, 0.29) is 18.1 Å². The third kappa shape index (κ3) is 5.88. The minimum absolute atomic E-state index is 0.0277. The standard InChI is InChI=1S/C24H34N4O4/c1-19-3-4-22(20(2)15-19)32-18-28-8-5-21(26-28)23(29)25-16-24(6-11-30-12-7-24)17-27-9-13-31-14-10-27/h3-5,8,15H,6-7,9-14,16-18H2,1-2H3,(H,25,29). The van der Waals surface area contributed by atoms with Crippen molar-refractivity contribution in [3.63, 3.8) is 0 Å². The van der Waals surface area contributed by atoms with Gasteiger partial charge in [-0.2, -0.15) is 5.10 Å². The zero-order valence-corrected chi connectivity index (χ0v) is 19.1. The third-order valence-corrected chi connectivity index (χ3v) is 6.40. The molecule has 0 saturated carbocycles. The molecule has 4 rings (SSSR count). The number of amides is 1. The van der Waals surface area contributed by atoms with Gasteiger partial charge in [0.15, 0.2) is 6.73 Å². The first-order chi connectivity index (χ1) is 15.5. The third-order valence-electron chi connectivity index (χ3n) is 6.40. The van der Waals surface area contributed by atoms with Crippen LogP contribution in [0.4, 0.5) is 0 Å². The second-order valence-electron chi connectivity index (χ2n) is 8.97. The molecule has 1 aromatic heterocycles. The maximum atomic E-state index is 12.8. The molecular weight excluding hydrogens is 408 g/mol. The highest BCUT2D eigenvalue weighted by atomic mass is 16.5. The second-order valence-corrected chi connectivity index (χ2v) is 8.97. The van der Waals surface area contributed by atoms with Crippen LogP contribution in [0.5, 0.6) is 5.75 Å². The zero-order chi connectivity index (χ0) is 22.4. The number of carbonyl (C=O) groups excluding carboxylic acids is 1. The summed E-state index contributed by atoms with van der Waals surface area (Å²) in [6.45, 7) is 10.8. The first-order valence-electron chi connectivity index (χ1n) is 11.4. The van der Waals surface area contributed by atoms with Crippen LogP contribution in [-0.4, -0.2) is 73.2 Å². The van der Waals surface area contributed by atoms with E-state index in [1.807, 2.05) is 19.1 Å². The Bertz CT molecular complexity index is 901. The summed E-state index contributed by atoms with van der Waals surface area (Å²) in [5, 5.41) is 7.54. The SMILES string of the molecule is Cc1ccc(OCn2ccc(C(=O)NCC3(CN4CCOCC4)CCOCC3)n2)c(C)c1. The molecule has 1 aromatic carbocycles. The van der Waals surface area contributed by atoms with E-state index in [9.17, 15) is 4.79 Å². The quantitative estimate of drug-likeness (QED) is 0.677. The Labute approximate surface area is 189 Å². The van der Waals surface area contributed by atoms with E-state index in [0.29, 0.717) is 12.2 Å². The molecule has 1 amide bonds. The van der Waals surface area contributed by atoms with Crippen molar-refractivity contribution in [2.24, 2.45) is 5.41 Å². The number of morpholine rings is 1. The number of aromatic nitrogens is 2. The van der Waals surface area contributed by atoms with Crippen LogP contribution in [0.15, 0.2) is 30.5 Å². The largest absolute Gasteiger partial charge is 0.471 e. The molecule has 0 radical (unpaired) electrons. The average molecular weight is 443 g/mol. The van der Waals surface area contributed by atoms with Crippen molar-refractivity contribution in [2.75, 3.05) is 52.6 Å². The molecule has 3 heterocycles. The fourth-order valence-corrected chi connectivity index (χ4v) is 4.44. The summed E-state index contributed by atoms with van der Waals surface area (Å²) in [5.74, 6) is 0.671. The Morgan fingerprint density at radius 2 is 1.88 bits per heavy atom. The van der Waals surface area contributed by atoms with Gasteiger partial charge in [-0.25, -0.2) is 4.68 Å². The Morgan fingerprint density at radius 3 is 2.62 bits per heavy atom. The van der Waals surface area contributed by atoms with Gasteiger partial charge in [0.25, 0.3) is 5.91 Å². The van der Waals surface area contributed by atoms with Gasteiger partial charge >= 0.3 is 0 Å². The number of nitrogens with zero attached hydrogens (tertiary/aromatic N) is 3. The molecule has 8 heteroatoms. The van der Waals surface area contributed by atoms with Crippen molar-refractivity contribution in [2.45, 2.75) is 33.4 Å². The van der Waals surface area contributed by atoms with E-state index >= 15 is 0 Å². The Kier molecular flexibility index (Phi) is 7.44. The van der Waals surface area contributed by atoms with Crippen LogP contribution >= 0.6 is 0 Å². The Morgan fingerprint density at radius 1 is 1.12 bits per heavy atom. The van der Waals surface area contributed by atoms with Crippen LogP contribution in [-0.2, 0) is 16.2 Å². The molecule has 2 fully saturated rings. The summed E-state index contributed by atoms with van der Waals surface area (Å²) in [5.41, 5.74) is 2.71. The highest BCUT2D eigenvalue weighted by Crippen LogP contribution is 2.31. The highest BCUT2D eigenvalue weighted by Gasteiger charge is 2.35. The van der Waals surface area contributed by atoms with Crippen molar-refractivity contribution < 1.29 is 19.0 Å². The predicted molar refractivity (Wildman–Crippen MR) is 121 cm³/mol. The number of rotatable bonds is 8. The number of benzene rings is 1. The Balaban J connectivity index is 1.32. The monoisotopic (exact) mass is 442 g/mol. The molecule has 2 saturated heterocycles. The maximum absolute atomic E-state index is 12.8. The van der Waals surface area contributed by atoms with Gasteiger partial charge in [0, 0.05) is 51.0 Å². The van der Waals surface area contributed by atoms with Crippen molar-refractivity contribution in [3.8, 4) is 5.75 Å². The second kappa shape index (κ2) is 10.5. The minimum Gasteiger partial charge on any atom is -0.471 e. The van der Waals surface area contributed by atoms with Crippen molar-refractivity contribution in [3.05, 3.63) is 47.3 Å². The van der Waals surface area contributed by atoms with Gasteiger partial charge in [-0.1, -0.05) is 17.7 Å². The van der Waals surface area contributed by atoms with Gasteiger partial charge in [-0.15, -0.1) is 0 Å². The summed E-state index contributed by atoms with van der Waals surface area (Å²) in [4.78, 5) is 15.3. The molecule has 0 unspecified atom stereocenters. The number of carbonyl (C=O) groups is 1. The van der Waals surface area contributed by atoms with Crippen molar-refractivity contribution in [1.82, 2.24) is 20.0 Å². The molecule has 8 nitrogen and oxygen atoms in total. The molecule has 1 N–H and O–H groups in total. The van der Waals surface area contributed by atoms with Crippen molar-refractivity contribution >= 4 is 5.91 Å². The first kappa shape index (κ1) is 22.8. The van der Waals surface area contributed by atoms with E-state index in [2.05, 4.69) is 28.3 Å². The lowest BCUT2D eigenvalue weighted by Gasteiger charge is -2.42. The minimum atomic E-state index is -0.150. The number of ether oxygens (including phenoxy) is 3. The van der Waals surface area contributed by atoms with Crippen molar-refractivity contribution in [1.29, 1.82) is 0 Å². The maximum Gasteiger partial charge on any atom is 0.271 e. The van der Waals surface area contributed by atoms with E-state index in [0.717, 1.165) is 70.2 Å². The molecule has 0 bridgehead atoms. The normalized spacial score (nSPS) is 18.9. The fraction of sp³-hybridized carbons (Fsp3) is 0.583. The van der Waals surface area contributed by atoms with Crippen LogP contribution < -0.4 is 10.1 Å². The van der Waals surface area contributed by atoms with E-state index in [1.54, 1.807) is 16.9 Å². The van der Waals surface area contributed by atoms with Crippen LogP contribution in [0.2, 0.25) is 0 Å². The number of nitrogens with one attached hydrogen (secondary N) is 1. The fourth-order valence-electron chi connectivity index (χ4n) is 4.44. The lowest BCUT2D eigenvalue weighted by Crippen LogP contribution is -2.50. The molecular formula is C24H34N4O4. The Hall–Kier alpha value is -2.42. The topological polar surface area (TPSA) is 77.9 Å². The van der Waals surface area contributed by atoms with Gasteiger partial charge in [0.2, 0.25) is 0 Å². The average Bonchev–Trinajstić information content (AvgIpc) is 3.27. The van der Waals surface area contributed by atoms with Gasteiger partial charge in [-0.3, -0.25) is 9.69 Å². The lowest BCUT2D eigenvalue weighted by molar-refractivity contribution is -0.0283. The number of aryl methyl sites for hydroxylation is 2. The smallest absolute Gasteiger partial charge is 0.271 e. The molecule has 2 aliphatic heterocycles. The first-order valence-corrected chi connectivity index (χ1v) is 11.4. The summed E-state index contributed by atoms with van der Waals surface area (Å²) >= 11 is 0. The molecule has 0 spiro atoms. The van der Waals surface area contributed by atoms with Gasteiger partial charge in [-0.05, 0) is 44.4 Å². The van der Waals surface area contributed by atoms with E-state index in [4.69, 9.17) is 14.2 Å². The lowest BCUT2D eigenvalue weighted by atomic mass is 9.79. The van der Waals surface area contributed by atoms with Gasteiger partial charge in [0.05, 0.1) is 13.2 Å². The van der Waals surface area contributed by atoms with Gasteiger partial charge < -0.3 is 19.5 Å². The highest BCUT2D eigenvalue weighted by molar-refractivity contribution is 5.92. The molecule has 2 aromatic rings. The summed E-state index contributed by atoms with van der Waals surface area (Å²) < 4.78 is 18.6. The van der Waals surface area contributed by atoms with E-state index in [1.165, 1.54) is 5.56 Å². The molecule has 32 heavy (non-hydrogen) atoms.